The lowest BCUT2D eigenvalue weighted by molar-refractivity contribution is 0.530. The van der Waals surface area contributed by atoms with Gasteiger partial charge in [-0.25, -0.2) is 4.68 Å². The highest BCUT2D eigenvalue weighted by molar-refractivity contribution is 7.99. The average Bonchev–Trinajstić information content (AvgIpc) is 2.96. The van der Waals surface area contributed by atoms with Gasteiger partial charge in [0, 0.05) is 25.5 Å². The minimum Gasteiger partial charge on any atom is -0.318 e. The fourth-order valence-corrected chi connectivity index (χ4v) is 2.41. The molecule has 0 radical (unpaired) electrons. The number of nitrogens with zero attached hydrogens (tertiary/aromatic N) is 6. The van der Waals surface area contributed by atoms with Gasteiger partial charge in [0.15, 0.2) is 0 Å². The summed E-state index contributed by atoms with van der Waals surface area (Å²) < 4.78 is 3.64. The maximum absolute atomic E-state index is 4.14. The Hall–Kier alpha value is -1.41. The van der Waals surface area contributed by atoms with E-state index in [9.17, 15) is 0 Å². The Morgan fingerprint density at radius 2 is 2.33 bits per heavy atom. The van der Waals surface area contributed by atoms with Crippen LogP contribution in [-0.2, 0) is 20.0 Å². The monoisotopic (exact) mass is 267 g/mol. The van der Waals surface area contributed by atoms with E-state index >= 15 is 0 Å². The van der Waals surface area contributed by atoms with Crippen LogP contribution in [-0.4, -0.2) is 49.3 Å². The first-order valence-electron chi connectivity index (χ1n) is 5.80. The third-order valence-electron chi connectivity index (χ3n) is 2.45. The normalized spacial score (nSPS) is 11.0. The summed E-state index contributed by atoms with van der Waals surface area (Å²) in [5, 5.41) is 19.8. The Balaban J connectivity index is 1.81. The van der Waals surface area contributed by atoms with Crippen molar-refractivity contribution in [3.8, 4) is 0 Å². The summed E-state index contributed by atoms with van der Waals surface area (Å²) in [6.07, 6.45) is 4.90. The highest BCUT2D eigenvalue weighted by Gasteiger charge is 2.06. The van der Waals surface area contributed by atoms with Crippen LogP contribution in [0.5, 0.6) is 0 Å². The van der Waals surface area contributed by atoms with Crippen LogP contribution in [0.3, 0.4) is 0 Å². The van der Waals surface area contributed by atoms with Crippen molar-refractivity contribution in [3.05, 3.63) is 18.0 Å². The van der Waals surface area contributed by atoms with Crippen molar-refractivity contribution < 1.29 is 0 Å². The Bertz CT molecular complexity index is 478. The summed E-state index contributed by atoms with van der Waals surface area (Å²) in [5.74, 6) is 0.950. The zero-order valence-electron chi connectivity index (χ0n) is 10.6. The molecule has 0 aliphatic heterocycles. The lowest BCUT2D eigenvalue weighted by atomic mass is 10.3. The van der Waals surface area contributed by atoms with Crippen molar-refractivity contribution >= 4 is 11.8 Å². The SMILES string of the molecule is CNCCn1nnnc1SCCc1cnn(C)c1. The quantitative estimate of drug-likeness (QED) is 0.710. The second kappa shape index (κ2) is 6.50. The molecule has 98 valence electrons. The van der Waals surface area contributed by atoms with Crippen molar-refractivity contribution in [2.45, 2.75) is 18.1 Å². The molecule has 8 heteroatoms. The number of thioether (sulfide) groups is 1. The molecular weight excluding hydrogens is 250 g/mol. The molecule has 0 unspecified atom stereocenters. The minimum atomic E-state index is 0.790. The Morgan fingerprint density at radius 1 is 1.44 bits per heavy atom. The number of aryl methyl sites for hydroxylation is 2. The topological polar surface area (TPSA) is 73.5 Å². The average molecular weight is 267 g/mol. The first-order chi connectivity index (χ1) is 8.79. The van der Waals surface area contributed by atoms with Crippen molar-refractivity contribution in [3.63, 3.8) is 0 Å². The summed E-state index contributed by atoms with van der Waals surface area (Å²) in [5.41, 5.74) is 1.24. The van der Waals surface area contributed by atoms with Crippen molar-refractivity contribution in [2.24, 2.45) is 7.05 Å². The van der Waals surface area contributed by atoms with E-state index in [-0.39, 0.29) is 0 Å². The maximum Gasteiger partial charge on any atom is 0.209 e. The van der Waals surface area contributed by atoms with Gasteiger partial charge in [0.1, 0.15) is 0 Å². The van der Waals surface area contributed by atoms with Gasteiger partial charge in [-0.1, -0.05) is 11.8 Å². The zero-order valence-corrected chi connectivity index (χ0v) is 11.4. The van der Waals surface area contributed by atoms with Crippen LogP contribution in [0.15, 0.2) is 17.6 Å². The molecule has 0 amide bonds. The minimum absolute atomic E-state index is 0.790. The van der Waals surface area contributed by atoms with Crippen LogP contribution in [0.1, 0.15) is 5.56 Å². The molecular formula is C10H17N7S. The van der Waals surface area contributed by atoms with Crippen molar-refractivity contribution in [2.75, 3.05) is 19.3 Å². The van der Waals surface area contributed by atoms with E-state index in [0.717, 1.165) is 30.4 Å². The van der Waals surface area contributed by atoms with Crippen LogP contribution in [0.25, 0.3) is 0 Å². The van der Waals surface area contributed by atoms with E-state index in [0.29, 0.717) is 0 Å². The van der Waals surface area contributed by atoms with E-state index in [1.807, 2.05) is 35.9 Å². The summed E-state index contributed by atoms with van der Waals surface area (Å²) in [6.45, 7) is 1.65. The van der Waals surface area contributed by atoms with Gasteiger partial charge in [-0.2, -0.15) is 5.10 Å². The largest absolute Gasteiger partial charge is 0.318 e. The summed E-state index contributed by atoms with van der Waals surface area (Å²) in [7, 11) is 3.84. The molecule has 0 spiro atoms. The van der Waals surface area contributed by atoms with Crippen LogP contribution in [0.4, 0.5) is 0 Å². The molecule has 0 bridgehead atoms. The second-order valence-electron chi connectivity index (χ2n) is 3.91. The molecule has 0 aliphatic rings. The van der Waals surface area contributed by atoms with Gasteiger partial charge >= 0.3 is 0 Å². The first kappa shape index (κ1) is 13.0. The molecule has 0 saturated carbocycles. The standard InChI is InChI=1S/C10H17N7S/c1-11-4-5-17-10(13-14-15-17)18-6-3-9-7-12-16(2)8-9/h7-8,11H,3-6H2,1-2H3. The van der Waals surface area contributed by atoms with E-state index in [1.54, 1.807) is 11.8 Å². The lowest BCUT2D eigenvalue weighted by Crippen LogP contribution is -2.16. The van der Waals surface area contributed by atoms with Gasteiger partial charge < -0.3 is 5.32 Å². The molecule has 2 rings (SSSR count). The number of hydrogen-bond acceptors (Lipinski definition) is 6. The van der Waals surface area contributed by atoms with Gasteiger partial charge in [0.25, 0.3) is 0 Å². The molecule has 0 fully saturated rings. The fraction of sp³-hybridized carbons (Fsp3) is 0.600. The molecule has 18 heavy (non-hydrogen) atoms. The van der Waals surface area contributed by atoms with E-state index in [2.05, 4.69) is 25.9 Å². The van der Waals surface area contributed by atoms with Crippen LogP contribution in [0.2, 0.25) is 0 Å². The smallest absolute Gasteiger partial charge is 0.209 e. The summed E-state index contributed by atoms with van der Waals surface area (Å²) in [4.78, 5) is 0. The third-order valence-corrected chi connectivity index (χ3v) is 3.41. The van der Waals surface area contributed by atoms with Crippen LogP contribution >= 0.6 is 11.8 Å². The van der Waals surface area contributed by atoms with E-state index < -0.39 is 0 Å². The fourth-order valence-electron chi connectivity index (χ4n) is 1.52. The van der Waals surface area contributed by atoms with Gasteiger partial charge in [-0.05, 0) is 29.5 Å². The van der Waals surface area contributed by atoms with Crippen molar-refractivity contribution in [1.82, 2.24) is 35.3 Å². The molecule has 0 aliphatic carbocycles. The summed E-state index contributed by atoms with van der Waals surface area (Å²) in [6, 6.07) is 0. The maximum atomic E-state index is 4.14. The molecule has 7 nitrogen and oxygen atoms in total. The summed E-state index contributed by atoms with van der Waals surface area (Å²) >= 11 is 1.67. The molecule has 2 aromatic rings. The molecule has 0 saturated heterocycles. The second-order valence-corrected chi connectivity index (χ2v) is 4.97. The van der Waals surface area contributed by atoms with E-state index in [4.69, 9.17) is 0 Å². The molecule has 2 heterocycles. The van der Waals surface area contributed by atoms with Gasteiger partial charge in [-0.3, -0.25) is 4.68 Å². The number of rotatable bonds is 7. The lowest BCUT2D eigenvalue weighted by Gasteiger charge is -2.02. The van der Waals surface area contributed by atoms with Gasteiger partial charge in [-0.15, -0.1) is 5.10 Å². The molecule has 0 aromatic carbocycles. The van der Waals surface area contributed by atoms with Gasteiger partial charge in [0.2, 0.25) is 5.16 Å². The Labute approximate surface area is 110 Å². The predicted molar refractivity (Wildman–Crippen MR) is 69.4 cm³/mol. The highest BCUT2D eigenvalue weighted by atomic mass is 32.2. The highest BCUT2D eigenvalue weighted by Crippen LogP contribution is 2.15. The number of hydrogen-bond donors (Lipinski definition) is 1. The van der Waals surface area contributed by atoms with E-state index in [1.165, 1.54) is 5.56 Å². The zero-order chi connectivity index (χ0) is 12.8. The number of likely N-dealkylation sites (N-methyl/N-ethyl adjacent to an activating group) is 1. The molecule has 0 atom stereocenters. The number of nitrogens with one attached hydrogen (secondary N) is 1. The Kier molecular flexibility index (Phi) is 4.71. The molecule has 2 aromatic heterocycles. The predicted octanol–water partition coefficient (Wildman–Crippen LogP) is -0.0392. The van der Waals surface area contributed by atoms with Crippen LogP contribution in [0, 0.1) is 0 Å². The molecule has 1 N–H and O–H groups in total. The number of tetrazole rings is 1. The third kappa shape index (κ3) is 3.54. The first-order valence-corrected chi connectivity index (χ1v) is 6.79. The van der Waals surface area contributed by atoms with Gasteiger partial charge in [0.05, 0.1) is 12.7 Å². The van der Waals surface area contributed by atoms with Crippen molar-refractivity contribution in [1.29, 1.82) is 0 Å². The Morgan fingerprint density at radius 3 is 3.06 bits per heavy atom. The number of aromatic nitrogens is 6. The van der Waals surface area contributed by atoms with Crippen LogP contribution < -0.4 is 5.32 Å².